The lowest BCUT2D eigenvalue weighted by atomic mass is 10.0. The van der Waals surface area contributed by atoms with Crippen molar-refractivity contribution in [1.29, 1.82) is 0 Å². The lowest BCUT2D eigenvalue weighted by Gasteiger charge is -2.21. The highest BCUT2D eigenvalue weighted by Crippen LogP contribution is 2.21. The van der Waals surface area contributed by atoms with Crippen LogP contribution < -0.4 is 5.32 Å². The van der Waals surface area contributed by atoms with Crippen LogP contribution in [0, 0.1) is 0 Å². The molecule has 0 heterocycles. The maximum absolute atomic E-state index is 12.7. The molecule has 1 unspecified atom stereocenters. The van der Waals surface area contributed by atoms with Gasteiger partial charge in [0.1, 0.15) is 0 Å². The van der Waals surface area contributed by atoms with Gasteiger partial charge in [-0.3, -0.25) is 4.79 Å². The minimum Gasteiger partial charge on any atom is -0.348 e. The van der Waals surface area contributed by atoms with Gasteiger partial charge in [-0.25, -0.2) is 16.8 Å². The average molecular weight is 471 g/mol. The molecule has 30 heavy (non-hydrogen) atoms. The Morgan fingerprint density at radius 3 is 2.00 bits per heavy atom. The predicted molar refractivity (Wildman–Crippen MR) is 119 cm³/mol. The number of hydrogen-bond acceptors (Lipinski definition) is 6. The van der Waals surface area contributed by atoms with E-state index in [0.717, 1.165) is 21.0 Å². The second-order valence-corrected chi connectivity index (χ2v) is 11.7. The number of carbonyl (C=O) groups is 1. The van der Waals surface area contributed by atoms with Crippen LogP contribution in [0.2, 0.25) is 0 Å². The zero-order valence-electron chi connectivity index (χ0n) is 17.3. The van der Waals surface area contributed by atoms with Crippen LogP contribution in [-0.2, 0) is 24.7 Å². The Kier molecular flexibility index (Phi) is 8.09. The van der Waals surface area contributed by atoms with E-state index in [1.54, 1.807) is 24.3 Å². The molecule has 2 rings (SSSR count). The largest absolute Gasteiger partial charge is 0.348 e. The zero-order valence-corrected chi connectivity index (χ0v) is 19.8. The van der Waals surface area contributed by atoms with Gasteiger partial charge in [0, 0.05) is 18.2 Å². The lowest BCUT2D eigenvalue weighted by Crippen LogP contribution is -2.39. The van der Waals surface area contributed by atoms with E-state index in [0.29, 0.717) is 6.42 Å². The number of amides is 1. The SMILES string of the molecule is CCC(NC(=O)CN(C)S(=O)(=O)c1ccc(SC)cc1)c1ccc(S(C)(=O)=O)cc1. The summed E-state index contributed by atoms with van der Waals surface area (Å²) in [6, 6.07) is 12.4. The number of hydrogen-bond donors (Lipinski definition) is 1. The van der Waals surface area contributed by atoms with E-state index in [1.165, 1.54) is 43.1 Å². The van der Waals surface area contributed by atoms with Crippen LogP contribution in [0.5, 0.6) is 0 Å². The van der Waals surface area contributed by atoms with Crippen LogP contribution in [0.3, 0.4) is 0 Å². The Balaban J connectivity index is 2.08. The molecule has 0 aliphatic carbocycles. The van der Waals surface area contributed by atoms with Gasteiger partial charge >= 0.3 is 0 Å². The first-order valence-corrected chi connectivity index (χ1v) is 13.7. The number of thioether (sulfide) groups is 1. The van der Waals surface area contributed by atoms with Crippen molar-refractivity contribution < 1.29 is 21.6 Å². The second-order valence-electron chi connectivity index (χ2n) is 6.81. The van der Waals surface area contributed by atoms with Crippen LogP contribution >= 0.6 is 11.8 Å². The van der Waals surface area contributed by atoms with Crippen LogP contribution in [0.1, 0.15) is 24.9 Å². The molecule has 0 bridgehead atoms. The van der Waals surface area contributed by atoms with Gasteiger partial charge in [-0.05, 0) is 54.6 Å². The predicted octanol–water partition coefficient (Wildman–Crippen LogP) is 2.70. The van der Waals surface area contributed by atoms with E-state index in [9.17, 15) is 21.6 Å². The molecule has 0 aliphatic heterocycles. The summed E-state index contributed by atoms with van der Waals surface area (Å²) in [4.78, 5) is 13.8. The van der Waals surface area contributed by atoms with Crippen molar-refractivity contribution in [3.05, 3.63) is 54.1 Å². The Bertz CT molecular complexity index is 1080. The molecule has 164 valence electrons. The Morgan fingerprint density at radius 1 is 1.00 bits per heavy atom. The van der Waals surface area contributed by atoms with E-state index in [1.807, 2.05) is 13.2 Å². The summed E-state index contributed by atoms with van der Waals surface area (Å²) >= 11 is 1.51. The van der Waals surface area contributed by atoms with E-state index < -0.39 is 25.8 Å². The molecule has 0 saturated heterocycles. The number of rotatable bonds is 9. The van der Waals surface area contributed by atoms with Gasteiger partial charge in [-0.2, -0.15) is 4.31 Å². The summed E-state index contributed by atoms with van der Waals surface area (Å²) in [5, 5.41) is 2.82. The summed E-state index contributed by atoms with van der Waals surface area (Å²) < 4.78 is 49.6. The normalized spacial score (nSPS) is 13.2. The fourth-order valence-corrected chi connectivity index (χ4v) is 4.99. The summed E-state index contributed by atoms with van der Waals surface area (Å²) in [6.07, 6.45) is 3.60. The van der Waals surface area contributed by atoms with Gasteiger partial charge < -0.3 is 5.32 Å². The molecular formula is C20H26N2O5S3. The third kappa shape index (κ3) is 6.07. The van der Waals surface area contributed by atoms with Crippen LogP contribution in [0.15, 0.2) is 63.2 Å². The van der Waals surface area contributed by atoms with Crippen molar-refractivity contribution in [1.82, 2.24) is 9.62 Å². The van der Waals surface area contributed by atoms with Gasteiger partial charge in [0.25, 0.3) is 0 Å². The zero-order chi connectivity index (χ0) is 22.5. The van der Waals surface area contributed by atoms with E-state index in [4.69, 9.17) is 0 Å². The minimum absolute atomic E-state index is 0.124. The van der Waals surface area contributed by atoms with Crippen molar-refractivity contribution in [3.8, 4) is 0 Å². The van der Waals surface area contributed by atoms with E-state index in [2.05, 4.69) is 5.32 Å². The van der Waals surface area contributed by atoms with Crippen molar-refractivity contribution in [2.24, 2.45) is 0 Å². The number of likely N-dealkylation sites (N-methyl/N-ethyl adjacent to an activating group) is 1. The number of nitrogens with zero attached hydrogens (tertiary/aromatic N) is 1. The molecule has 2 aromatic carbocycles. The molecule has 0 saturated carbocycles. The molecule has 0 fully saturated rings. The molecule has 2 aromatic rings. The molecular weight excluding hydrogens is 444 g/mol. The topological polar surface area (TPSA) is 101 Å². The first-order chi connectivity index (χ1) is 14.0. The van der Waals surface area contributed by atoms with E-state index in [-0.39, 0.29) is 22.4 Å². The first kappa shape index (κ1) is 24.4. The Labute approximate surface area is 182 Å². The monoisotopic (exact) mass is 470 g/mol. The van der Waals surface area contributed by atoms with Crippen molar-refractivity contribution >= 4 is 37.5 Å². The second kappa shape index (κ2) is 9.95. The highest BCUT2D eigenvalue weighted by Gasteiger charge is 2.24. The molecule has 10 heteroatoms. The van der Waals surface area contributed by atoms with Crippen LogP contribution in [-0.4, -0.2) is 53.2 Å². The third-order valence-electron chi connectivity index (χ3n) is 4.59. The summed E-state index contributed by atoms with van der Waals surface area (Å²) in [5.41, 5.74) is 0.747. The quantitative estimate of drug-likeness (QED) is 0.566. The highest BCUT2D eigenvalue weighted by atomic mass is 32.2. The maximum Gasteiger partial charge on any atom is 0.243 e. The Hall–Kier alpha value is -1.88. The number of benzene rings is 2. The van der Waals surface area contributed by atoms with Crippen LogP contribution in [0.25, 0.3) is 0 Å². The van der Waals surface area contributed by atoms with Crippen molar-refractivity contribution in [2.75, 3.05) is 26.1 Å². The number of sulfone groups is 1. The fraction of sp³-hybridized carbons (Fsp3) is 0.350. The van der Waals surface area contributed by atoms with E-state index >= 15 is 0 Å². The number of sulfonamides is 1. The van der Waals surface area contributed by atoms with Crippen molar-refractivity contribution in [2.45, 2.75) is 34.1 Å². The molecule has 1 atom stereocenters. The average Bonchev–Trinajstić information content (AvgIpc) is 2.71. The molecule has 7 nitrogen and oxygen atoms in total. The molecule has 1 N–H and O–H groups in total. The minimum atomic E-state index is -3.79. The van der Waals surface area contributed by atoms with Crippen molar-refractivity contribution in [3.63, 3.8) is 0 Å². The maximum atomic E-state index is 12.7. The first-order valence-electron chi connectivity index (χ1n) is 9.18. The Morgan fingerprint density at radius 2 is 1.53 bits per heavy atom. The molecule has 1 amide bonds. The standard InChI is InChI=1S/C20H26N2O5S3/c1-5-19(15-6-10-17(11-7-15)29(4,24)25)21-20(23)14-22(2)30(26,27)18-12-8-16(28-3)9-13-18/h6-13,19H,5,14H2,1-4H3,(H,21,23). The van der Waals surface area contributed by atoms with Gasteiger partial charge in [-0.1, -0.05) is 19.1 Å². The molecule has 0 radical (unpaired) electrons. The van der Waals surface area contributed by atoms with Crippen LogP contribution in [0.4, 0.5) is 0 Å². The summed E-state index contributed by atoms with van der Waals surface area (Å²) in [7, 11) is -5.73. The van der Waals surface area contributed by atoms with Gasteiger partial charge in [-0.15, -0.1) is 11.8 Å². The molecule has 0 aromatic heterocycles. The molecule has 0 spiro atoms. The lowest BCUT2D eigenvalue weighted by molar-refractivity contribution is -0.121. The summed E-state index contributed by atoms with van der Waals surface area (Å²) in [6.45, 7) is 1.55. The highest BCUT2D eigenvalue weighted by molar-refractivity contribution is 7.98. The fourth-order valence-electron chi connectivity index (χ4n) is 2.82. The third-order valence-corrected chi connectivity index (χ3v) is 8.28. The summed E-state index contributed by atoms with van der Waals surface area (Å²) in [5.74, 6) is -0.444. The van der Waals surface area contributed by atoms with Gasteiger partial charge in [0.2, 0.25) is 15.9 Å². The smallest absolute Gasteiger partial charge is 0.243 e. The van der Waals surface area contributed by atoms with Gasteiger partial charge in [0.05, 0.1) is 22.4 Å². The number of nitrogens with one attached hydrogen (secondary N) is 1. The molecule has 0 aliphatic rings. The van der Waals surface area contributed by atoms with Gasteiger partial charge in [0.15, 0.2) is 9.84 Å². The number of carbonyl (C=O) groups excluding carboxylic acids is 1.